The minimum absolute atomic E-state index is 0.0531. The molecule has 0 amide bonds. The number of piperazine rings is 1. The second-order valence-electron chi connectivity index (χ2n) is 7.53. The smallest absolute Gasteiger partial charge is 0.419 e. The van der Waals surface area contributed by atoms with E-state index in [0.29, 0.717) is 5.58 Å². The minimum Gasteiger partial charge on any atom is -0.495 e. The van der Waals surface area contributed by atoms with Gasteiger partial charge in [-0.3, -0.25) is 9.47 Å². The summed E-state index contributed by atoms with van der Waals surface area (Å²) in [6.07, 6.45) is -0.664. The molecule has 154 valence electrons. The number of hydrogen-bond acceptors (Lipinski definition) is 6. The van der Waals surface area contributed by atoms with Crippen molar-refractivity contribution in [3.05, 3.63) is 58.6 Å². The van der Waals surface area contributed by atoms with Crippen molar-refractivity contribution in [3.63, 3.8) is 0 Å². The van der Waals surface area contributed by atoms with E-state index in [1.54, 1.807) is 20.2 Å². The summed E-state index contributed by atoms with van der Waals surface area (Å²) < 4.78 is 12.2. The number of oxazole rings is 1. The third-order valence-corrected chi connectivity index (χ3v) is 5.93. The number of anilines is 1. The highest BCUT2D eigenvalue weighted by Crippen LogP contribution is 2.30. The maximum Gasteiger partial charge on any atom is 0.419 e. The number of rotatable bonds is 5. The number of methoxy groups -OCH3 is 1. The zero-order chi connectivity index (χ0) is 20.5. The molecule has 1 saturated heterocycles. The number of ether oxygens (including phenoxy) is 1. The fourth-order valence-corrected chi connectivity index (χ4v) is 4.07. The van der Waals surface area contributed by atoms with E-state index >= 15 is 0 Å². The monoisotopic (exact) mass is 397 g/mol. The summed E-state index contributed by atoms with van der Waals surface area (Å²) in [5, 5.41) is 10.9. The van der Waals surface area contributed by atoms with E-state index in [-0.39, 0.29) is 6.04 Å². The molecule has 1 aliphatic heterocycles. The van der Waals surface area contributed by atoms with E-state index in [0.717, 1.165) is 48.7 Å². The Kier molecular flexibility index (Phi) is 5.34. The van der Waals surface area contributed by atoms with Gasteiger partial charge in [-0.1, -0.05) is 18.2 Å². The van der Waals surface area contributed by atoms with Crippen LogP contribution in [0.4, 0.5) is 5.69 Å². The van der Waals surface area contributed by atoms with Crippen LogP contribution in [0.25, 0.3) is 11.1 Å². The van der Waals surface area contributed by atoms with E-state index in [1.807, 2.05) is 37.3 Å². The van der Waals surface area contributed by atoms with Crippen LogP contribution in [0, 0.1) is 0 Å². The number of fused-ring (bicyclic) bond motifs is 1. The molecule has 2 aromatic carbocycles. The quantitative estimate of drug-likeness (QED) is 0.713. The Bertz CT molecular complexity index is 1050. The number of para-hydroxylation sites is 2. The van der Waals surface area contributed by atoms with Crippen LogP contribution >= 0.6 is 0 Å². The molecule has 0 saturated carbocycles. The number of nitrogens with zero attached hydrogens (tertiary/aromatic N) is 3. The molecule has 2 atom stereocenters. The molecule has 0 unspecified atom stereocenters. The highest BCUT2D eigenvalue weighted by atomic mass is 16.5. The van der Waals surface area contributed by atoms with E-state index in [4.69, 9.17) is 9.15 Å². The van der Waals surface area contributed by atoms with Gasteiger partial charge in [0.05, 0.1) is 24.4 Å². The number of aromatic nitrogens is 1. The van der Waals surface area contributed by atoms with Crippen molar-refractivity contribution in [2.75, 3.05) is 38.2 Å². The summed E-state index contributed by atoms with van der Waals surface area (Å²) in [5.74, 6) is 0.485. The molecule has 1 aliphatic rings. The van der Waals surface area contributed by atoms with Gasteiger partial charge < -0.3 is 19.2 Å². The van der Waals surface area contributed by atoms with Crippen LogP contribution in [0.1, 0.15) is 18.6 Å². The van der Waals surface area contributed by atoms with Gasteiger partial charge in [0.15, 0.2) is 5.58 Å². The number of benzene rings is 2. The van der Waals surface area contributed by atoms with Gasteiger partial charge in [-0.15, -0.1) is 0 Å². The zero-order valence-electron chi connectivity index (χ0n) is 17.0. The van der Waals surface area contributed by atoms with Crippen LogP contribution in [0.2, 0.25) is 0 Å². The molecule has 7 nitrogen and oxygen atoms in total. The molecule has 1 N–H and O–H groups in total. The number of aliphatic hydroxyl groups is 1. The SMILES string of the molecule is COc1ccccc1N1CCN([C@H](C)[C@H](O)c2ccc3c(c2)oc(=O)n3C)CC1. The first-order valence-corrected chi connectivity index (χ1v) is 9.89. The molecule has 1 fully saturated rings. The predicted octanol–water partition coefficient (Wildman–Crippen LogP) is 2.38. The van der Waals surface area contributed by atoms with Gasteiger partial charge in [-0.25, -0.2) is 4.79 Å². The molecule has 2 heterocycles. The van der Waals surface area contributed by atoms with Crippen LogP contribution in [-0.4, -0.2) is 53.9 Å². The van der Waals surface area contributed by atoms with Crippen molar-refractivity contribution in [1.82, 2.24) is 9.47 Å². The summed E-state index contributed by atoms with van der Waals surface area (Å²) in [5.41, 5.74) is 3.09. The van der Waals surface area contributed by atoms with Crippen LogP contribution in [0.15, 0.2) is 51.7 Å². The van der Waals surface area contributed by atoms with Crippen molar-refractivity contribution in [2.45, 2.75) is 19.1 Å². The summed E-state index contributed by atoms with van der Waals surface area (Å²) >= 11 is 0. The van der Waals surface area contributed by atoms with E-state index in [1.165, 1.54) is 4.57 Å². The number of hydrogen-bond donors (Lipinski definition) is 1. The third-order valence-electron chi connectivity index (χ3n) is 5.93. The average Bonchev–Trinajstić information content (AvgIpc) is 3.05. The van der Waals surface area contributed by atoms with Crippen LogP contribution in [0.5, 0.6) is 5.75 Å². The summed E-state index contributed by atoms with van der Waals surface area (Å²) in [7, 11) is 3.37. The van der Waals surface area contributed by atoms with Crippen LogP contribution in [0.3, 0.4) is 0 Å². The highest BCUT2D eigenvalue weighted by Gasteiger charge is 2.28. The lowest BCUT2D eigenvalue weighted by atomic mass is 10.0. The molecule has 0 spiro atoms. The number of aliphatic hydroxyl groups excluding tert-OH is 1. The van der Waals surface area contributed by atoms with Crippen molar-refractivity contribution >= 4 is 16.8 Å². The molecule has 4 rings (SSSR count). The Morgan fingerprint density at radius 1 is 1.10 bits per heavy atom. The molecule has 0 radical (unpaired) electrons. The molecule has 1 aromatic heterocycles. The maximum absolute atomic E-state index is 11.7. The average molecular weight is 397 g/mol. The molecule has 0 aliphatic carbocycles. The lowest BCUT2D eigenvalue weighted by molar-refractivity contribution is 0.0545. The van der Waals surface area contributed by atoms with Gasteiger partial charge in [0, 0.05) is 39.3 Å². The Balaban J connectivity index is 1.45. The second kappa shape index (κ2) is 7.93. The van der Waals surface area contributed by atoms with Crippen molar-refractivity contribution in [3.8, 4) is 5.75 Å². The zero-order valence-corrected chi connectivity index (χ0v) is 17.0. The highest BCUT2D eigenvalue weighted by molar-refractivity contribution is 5.73. The molecule has 3 aromatic rings. The topological polar surface area (TPSA) is 71.1 Å². The fraction of sp³-hybridized carbons (Fsp3) is 0.409. The van der Waals surface area contributed by atoms with Gasteiger partial charge in [-0.2, -0.15) is 0 Å². The van der Waals surface area contributed by atoms with Gasteiger partial charge in [0.25, 0.3) is 0 Å². The minimum atomic E-state index is -0.664. The normalized spacial score (nSPS) is 17.4. The first kappa shape index (κ1) is 19.5. The molecule has 0 bridgehead atoms. The largest absolute Gasteiger partial charge is 0.495 e. The first-order valence-electron chi connectivity index (χ1n) is 9.89. The van der Waals surface area contributed by atoms with Crippen LogP contribution in [-0.2, 0) is 7.05 Å². The van der Waals surface area contributed by atoms with Gasteiger partial charge in [0.1, 0.15) is 5.75 Å². The Hall–Kier alpha value is -2.77. The predicted molar refractivity (Wildman–Crippen MR) is 113 cm³/mol. The molecular weight excluding hydrogens is 370 g/mol. The van der Waals surface area contributed by atoms with Crippen LogP contribution < -0.4 is 15.4 Å². The summed E-state index contributed by atoms with van der Waals surface area (Å²) in [4.78, 5) is 16.3. The Labute approximate surface area is 169 Å². The maximum atomic E-state index is 11.7. The summed E-state index contributed by atoms with van der Waals surface area (Å²) in [6, 6.07) is 13.5. The van der Waals surface area contributed by atoms with Crippen molar-refractivity contribution in [1.29, 1.82) is 0 Å². The molecular formula is C22H27N3O4. The molecule has 29 heavy (non-hydrogen) atoms. The first-order chi connectivity index (χ1) is 14.0. The number of aryl methyl sites for hydroxylation is 1. The van der Waals surface area contributed by atoms with Gasteiger partial charge >= 0.3 is 5.76 Å². The van der Waals surface area contributed by atoms with Gasteiger partial charge in [0.2, 0.25) is 0 Å². The van der Waals surface area contributed by atoms with E-state index in [2.05, 4.69) is 15.9 Å². The van der Waals surface area contributed by atoms with E-state index < -0.39 is 11.9 Å². The summed E-state index contributed by atoms with van der Waals surface area (Å²) in [6.45, 7) is 5.46. The van der Waals surface area contributed by atoms with Crippen molar-refractivity contribution in [2.24, 2.45) is 7.05 Å². The lowest BCUT2D eigenvalue weighted by Crippen LogP contribution is -2.51. The lowest BCUT2D eigenvalue weighted by Gasteiger charge is -2.40. The fourth-order valence-electron chi connectivity index (χ4n) is 4.07. The Morgan fingerprint density at radius 2 is 1.83 bits per heavy atom. The van der Waals surface area contributed by atoms with Crippen molar-refractivity contribution < 1.29 is 14.3 Å². The second-order valence-corrected chi connectivity index (χ2v) is 7.53. The third kappa shape index (κ3) is 3.63. The van der Waals surface area contributed by atoms with E-state index in [9.17, 15) is 9.90 Å². The standard InChI is InChI=1S/C22H27N3O4/c1-15(21(26)16-8-9-17-20(14-16)29-22(27)23(17)2)24-10-12-25(13-11-24)18-6-4-5-7-19(18)28-3/h4-9,14-15,21,26H,10-13H2,1-3H3/t15-,21+/m1/s1. The Morgan fingerprint density at radius 3 is 2.55 bits per heavy atom. The molecule has 7 heteroatoms. The van der Waals surface area contributed by atoms with Gasteiger partial charge in [-0.05, 0) is 36.8 Å².